The van der Waals surface area contributed by atoms with Crippen LogP contribution in [0.3, 0.4) is 0 Å². The molecule has 2 rings (SSSR count). The highest BCUT2D eigenvalue weighted by atomic mass is 32.2. The van der Waals surface area contributed by atoms with E-state index in [9.17, 15) is 8.42 Å². The van der Waals surface area contributed by atoms with Crippen LogP contribution in [0.4, 0.5) is 5.69 Å². The second-order valence-electron chi connectivity index (χ2n) is 5.68. The van der Waals surface area contributed by atoms with Gasteiger partial charge in [-0.1, -0.05) is 12.1 Å². The number of hydrogen-bond acceptors (Lipinski definition) is 4. The van der Waals surface area contributed by atoms with Gasteiger partial charge in [-0.3, -0.25) is 4.90 Å². The van der Waals surface area contributed by atoms with E-state index in [1.54, 1.807) is 29.4 Å². The minimum absolute atomic E-state index is 0.193. The molecule has 1 aromatic carbocycles. The largest absolute Gasteiger partial charge is 0.398 e. The van der Waals surface area contributed by atoms with Crippen molar-refractivity contribution >= 4 is 15.7 Å². The molecule has 2 unspecified atom stereocenters. The van der Waals surface area contributed by atoms with Crippen LogP contribution in [0.25, 0.3) is 0 Å². The maximum absolute atomic E-state index is 12.9. The van der Waals surface area contributed by atoms with Crippen LogP contribution in [0, 0.1) is 6.92 Å². The van der Waals surface area contributed by atoms with Crippen LogP contribution < -0.4 is 5.73 Å². The van der Waals surface area contributed by atoms with Crippen molar-refractivity contribution in [1.82, 2.24) is 9.21 Å². The zero-order valence-electron chi connectivity index (χ0n) is 12.5. The zero-order valence-corrected chi connectivity index (χ0v) is 13.3. The van der Waals surface area contributed by atoms with Crippen molar-refractivity contribution in [2.75, 3.05) is 25.9 Å². The first-order chi connectivity index (χ1) is 9.25. The average molecular weight is 297 g/mol. The lowest BCUT2D eigenvalue weighted by Crippen LogP contribution is -2.56. The van der Waals surface area contributed by atoms with Gasteiger partial charge in [-0.05, 0) is 39.4 Å². The quantitative estimate of drug-likeness (QED) is 0.835. The minimum atomic E-state index is -3.53. The monoisotopic (exact) mass is 297 g/mol. The number of nitrogen functional groups attached to an aromatic ring is 1. The molecule has 0 saturated carbocycles. The number of anilines is 1. The maximum atomic E-state index is 12.9. The van der Waals surface area contributed by atoms with Gasteiger partial charge in [-0.2, -0.15) is 4.31 Å². The van der Waals surface area contributed by atoms with Gasteiger partial charge < -0.3 is 5.73 Å². The Morgan fingerprint density at radius 3 is 2.25 bits per heavy atom. The normalized spacial score (nSPS) is 25.8. The Kier molecular flexibility index (Phi) is 4.09. The van der Waals surface area contributed by atoms with E-state index in [4.69, 9.17) is 5.73 Å². The summed E-state index contributed by atoms with van der Waals surface area (Å²) in [5.41, 5.74) is 6.92. The van der Waals surface area contributed by atoms with E-state index in [0.29, 0.717) is 24.3 Å². The Bertz CT molecular complexity index is 568. The van der Waals surface area contributed by atoms with Gasteiger partial charge >= 0.3 is 0 Å². The first-order valence-electron chi connectivity index (χ1n) is 6.82. The van der Waals surface area contributed by atoms with E-state index in [1.807, 2.05) is 20.9 Å². The molecule has 0 bridgehead atoms. The van der Waals surface area contributed by atoms with Gasteiger partial charge in [0, 0.05) is 25.2 Å². The lowest BCUT2D eigenvalue weighted by atomic mass is 10.1. The summed E-state index contributed by atoms with van der Waals surface area (Å²) in [7, 11) is -1.50. The fraction of sp³-hybridized carbons (Fsp3) is 0.571. The molecule has 1 saturated heterocycles. The van der Waals surface area contributed by atoms with Gasteiger partial charge in [0.2, 0.25) is 10.0 Å². The van der Waals surface area contributed by atoms with Crippen molar-refractivity contribution < 1.29 is 8.42 Å². The number of benzene rings is 1. The van der Waals surface area contributed by atoms with Crippen LogP contribution in [0.5, 0.6) is 0 Å². The lowest BCUT2D eigenvalue weighted by Gasteiger charge is -2.41. The number of rotatable bonds is 2. The molecule has 2 N–H and O–H groups in total. The van der Waals surface area contributed by atoms with Gasteiger partial charge in [0.1, 0.15) is 4.90 Å². The van der Waals surface area contributed by atoms with Crippen LogP contribution in [0.2, 0.25) is 0 Å². The Labute approximate surface area is 121 Å². The molecule has 0 amide bonds. The van der Waals surface area contributed by atoms with Crippen molar-refractivity contribution in [3.8, 4) is 0 Å². The molecule has 1 aromatic rings. The molecular weight excluding hydrogens is 274 g/mol. The molecular formula is C14H23N3O2S. The predicted octanol–water partition coefficient (Wildman–Crippen LogP) is 1.29. The molecule has 0 spiro atoms. The minimum Gasteiger partial charge on any atom is -0.398 e. The molecule has 1 aliphatic heterocycles. The van der Waals surface area contributed by atoms with Crippen LogP contribution >= 0.6 is 0 Å². The summed E-state index contributed by atoms with van der Waals surface area (Å²) in [5.74, 6) is 0. The highest BCUT2D eigenvalue weighted by Crippen LogP contribution is 2.28. The van der Waals surface area contributed by atoms with E-state index in [1.165, 1.54) is 0 Å². The van der Waals surface area contributed by atoms with Gasteiger partial charge in [-0.25, -0.2) is 8.42 Å². The van der Waals surface area contributed by atoms with Crippen molar-refractivity contribution in [2.24, 2.45) is 0 Å². The fourth-order valence-corrected chi connectivity index (χ4v) is 4.63. The molecule has 0 aromatic heterocycles. The van der Waals surface area contributed by atoms with Crippen LogP contribution in [0.1, 0.15) is 19.4 Å². The number of piperazine rings is 1. The summed E-state index contributed by atoms with van der Waals surface area (Å²) in [6.45, 7) is 6.86. The lowest BCUT2D eigenvalue weighted by molar-refractivity contribution is 0.105. The summed E-state index contributed by atoms with van der Waals surface area (Å²) < 4.78 is 27.3. The van der Waals surface area contributed by atoms with Crippen molar-refractivity contribution in [3.05, 3.63) is 23.8 Å². The maximum Gasteiger partial charge on any atom is 0.245 e. The van der Waals surface area contributed by atoms with Crippen molar-refractivity contribution in [2.45, 2.75) is 37.8 Å². The third-order valence-electron chi connectivity index (χ3n) is 4.17. The average Bonchev–Trinajstić information content (AvgIpc) is 2.34. The smallest absolute Gasteiger partial charge is 0.245 e. The van der Waals surface area contributed by atoms with Gasteiger partial charge in [0.25, 0.3) is 0 Å². The molecule has 2 atom stereocenters. The number of nitrogens with zero attached hydrogens (tertiary/aromatic N) is 2. The van der Waals surface area contributed by atoms with E-state index in [0.717, 1.165) is 0 Å². The summed E-state index contributed by atoms with van der Waals surface area (Å²) in [4.78, 5) is 2.46. The standard InChI is InChI=1S/C14H23N3O2S/c1-10-6-5-7-13(15)14(10)20(18,19)17-8-11(2)16(4)12(3)9-17/h5-7,11-12H,8-9,15H2,1-4H3. The highest BCUT2D eigenvalue weighted by Gasteiger charge is 2.35. The van der Waals surface area contributed by atoms with E-state index in [2.05, 4.69) is 4.90 Å². The van der Waals surface area contributed by atoms with Crippen LogP contribution in [0.15, 0.2) is 23.1 Å². The Morgan fingerprint density at radius 1 is 1.20 bits per heavy atom. The fourth-order valence-electron chi connectivity index (χ4n) is 2.71. The Hall–Kier alpha value is -1.11. The predicted molar refractivity (Wildman–Crippen MR) is 81.0 cm³/mol. The Morgan fingerprint density at radius 2 is 1.75 bits per heavy atom. The van der Waals surface area contributed by atoms with Crippen molar-refractivity contribution in [3.63, 3.8) is 0 Å². The molecule has 6 heteroatoms. The topological polar surface area (TPSA) is 66.6 Å². The van der Waals surface area contributed by atoms with E-state index >= 15 is 0 Å². The molecule has 1 fully saturated rings. The van der Waals surface area contributed by atoms with Gasteiger partial charge in [0.05, 0.1) is 5.69 Å². The summed E-state index contributed by atoms with van der Waals surface area (Å²) in [6.07, 6.45) is 0. The number of aryl methyl sites for hydroxylation is 1. The SMILES string of the molecule is Cc1cccc(N)c1S(=O)(=O)N1CC(C)N(C)C(C)C1. The third-order valence-corrected chi connectivity index (χ3v) is 6.22. The highest BCUT2D eigenvalue weighted by molar-refractivity contribution is 7.89. The second-order valence-corrected chi connectivity index (χ2v) is 7.55. The summed E-state index contributed by atoms with van der Waals surface area (Å²) in [5, 5.41) is 0. The number of nitrogens with two attached hydrogens (primary N) is 1. The first kappa shape index (κ1) is 15.3. The Balaban J connectivity index is 2.41. The number of sulfonamides is 1. The van der Waals surface area contributed by atoms with Gasteiger partial charge in [0.15, 0.2) is 0 Å². The zero-order chi connectivity index (χ0) is 15.1. The summed E-state index contributed by atoms with van der Waals surface area (Å²) in [6, 6.07) is 5.59. The molecule has 1 heterocycles. The summed E-state index contributed by atoms with van der Waals surface area (Å²) >= 11 is 0. The molecule has 20 heavy (non-hydrogen) atoms. The molecule has 1 aliphatic rings. The van der Waals surface area contributed by atoms with E-state index < -0.39 is 10.0 Å². The third kappa shape index (κ3) is 2.55. The van der Waals surface area contributed by atoms with Crippen LogP contribution in [-0.4, -0.2) is 49.8 Å². The molecule has 0 radical (unpaired) electrons. The van der Waals surface area contributed by atoms with Crippen molar-refractivity contribution in [1.29, 1.82) is 0 Å². The molecule has 5 nitrogen and oxygen atoms in total. The first-order valence-corrected chi connectivity index (χ1v) is 8.26. The van der Waals surface area contributed by atoms with Crippen LogP contribution in [-0.2, 0) is 10.0 Å². The number of hydrogen-bond donors (Lipinski definition) is 1. The van der Waals surface area contributed by atoms with E-state index in [-0.39, 0.29) is 17.0 Å². The number of likely N-dealkylation sites (N-methyl/N-ethyl adjacent to an activating group) is 1. The van der Waals surface area contributed by atoms with Gasteiger partial charge in [-0.15, -0.1) is 0 Å². The second kappa shape index (κ2) is 5.35. The molecule has 0 aliphatic carbocycles. The molecule has 112 valence electrons.